The van der Waals surface area contributed by atoms with Gasteiger partial charge in [-0.25, -0.2) is 18.1 Å². The van der Waals surface area contributed by atoms with Crippen molar-refractivity contribution in [1.29, 1.82) is 0 Å². The molecule has 0 saturated heterocycles. The SMILES string of the molecule is CN=C(NCCNS(=O)(=O)c1cc(C)ccc1C)NCc1ncnn1C. The van der Waals surface area contributed by atoms with Gasteiger partial charge in [-0.05, 0) is 31.0 Å². The van der Waals surface area contributed by atoms with Crippen LogP contribution in [0.4, 0.5) is 0 Å². The van der Waals surface area contributed by atoms with E-state index in [1.165, 1.54) is 6.33 Å². The van der Waals surface area contributed by atoms with Gasteiger partial charge in [0, 0.05) is 27.2 Å². The summed E-state index contributed by atoms with van der Waals surface area (Å²) < 4.78 is 29.1. The zero-order valence-corrected chi connectivity index (χ0v) is 16.3. The fourth-order valence-electron chi connectivity index (χ4n) is 2.30. The van der Waals surface area contributed by atoms with E-state index in [0.717, 1.165) is 17.0 Å². The maximum absolute atomic E-state index is 12.4. The number of nitrogens with one attached hydrogen (secondary N) is 3. The number of aromatic nitrogens is 3. The topological polar surface area (TPSA) is 113 Å². The second-order valence-electron chi connectivity index (χ2n) is 5.82. The Labute approximate surface area is 154 Å². The monoisotopic (exact) mass is 379 g/mol. The van der Waals surface area contributed by atoms with E-state index in [1.807, 2.05) is 20.0 Å². The van der Waals surface area contributed by atoms with Gasteiger partial charge in [-0.3, -0.25) is 9.67 Å². The molecule has 1 aromatic heterocycles. The summed E-state index contributed by atoms with van der Waals surface area (Å²) in [6.45, 7) is 4.74. The molecule has 10 heteroatoms. The van der Waals surface area contributed by atoms with Crippen molar-refractivity contribution in [3.8, 4) is 0 Å². The molecule has 0 unspecified atom stereocenters. The second kappa shape index (κ2) is 8.77. The summed E-state index contributed by atoms with van der Waals surface area (Å²) in [6.07, 6.45) is 1.48. The number of hydrogen-bond donors (Lipinski definition) is 3. The standard InChI is InChI=1S/C16H25N7O2S/c1-12-5-6-13(2)14(9-12)26(24,25)22-8-7-18-16(17-3)19-10-15-20-11-21-23(15)4/h5-6,9,11,22H,7-8,10H2,1-4H3,(H2,17,18,19). The fraction of sp³-hybridized carbons (Fsp3) is 0.438. The minimum Gasteiger partial charge on any atom is -0.355 e. The zero-order chi connectivity index (χ0) is 19.2. The Bertz CT molecular complexity index is 874. The second-order valence-corrected chi connectivity index (χ2v) is 7.55. The molecule has 9 nitrogen and oxygen atoms in total. The number of guanidine groups is 1. The number of aliphatic imine (C=N–C) groups is 1. The van der Waals surface area contributed by atoms with Crippen LogP contribution in [-0.4, -0.2) is 49.3 Å². The number of rotatable bonds is 7. The van der Waals surface area contributed by atoms with Gasteiger partial charge in [0.2, 0.25) is 10.0 Å². The predicted molar refractivity (Wildman–Crippen MR) is 100 cm³/mol. The highest BCUT2D eigenvalue weighted by atomic mass is 32.2. The van der Waals surface area contributed by atoms with E-state index < -0.39 is 10.0 Å². The average molecular weight is 379 g/mol. The van der Waals surface area contributed by atoms with E-state index in [9.17, 15) is 8.42 Å². The Hall–Kier alpha value is -2.46. The van der Waals surface area contributed by atoms with Crippen LogP contribution in [-0.2, 0) is 23.6 Å². The Kier molecular flexibility index (Phi) is 6.70. The summed E-state index contributed by atoms with van der Waals surface area (Å²) in [5.74, 6) is 1.32. The lowest BCUT2D eigenvalue weighted by molar-refractivity contribution is 0.579. The molecule has 0 bridgehead atoms. The Morgan fingerprint density at radius 2 is 2.00 bits per heavy atom. The summed E-state index contributed by atoms with van der Waals surface area (Å²) in [5, 5.41) is 10.1. The average Bonchev–Trinajstić information content (AvgIpc) is 3.01. The molecule has 0 amide bonds. The van der Waals surface area contributed by atoms with Crippen molar-refractivity contribution in [2.45, 2.75) is 25.3 Å². The van der Waals surface area contributed by atoms with Gasteiger partial charge in [0.1, 0.15) is 12.2 Å². The highest BCUT2D eigenvalue weighted by Crippen LogP contribution is 2.16. The van der Waals surface area contributed by atoms with Crippen molar-refractivity contribution in [2.24, 2.45) is 12.0 Å². The summed E-state index contributed by atoms with van der Waals surface area (Å²) in [5.41, 5.74) is 1.62. The van der Waals surface area contributed by atoms with Gasteiger partial charge in [0.25, 0.3) is 0 Å². The van der Waals surface area contributed by atoms with Gasteiger partial charge in [0.15, 0.2) is 5.96 Å². The molecule has 0 fully saturated rings. The van der Waals surface area contributed by atoms with Gasteiger partial charge in [0.05, 0.1) is 11.4 Å². The number of nitrogens with zero attached hydrogens (tertiary/aromatic N) is 4. The minimum absolute atomic E-state index is 0.236. The molecule has 0 saturated carbocycles. The molecule has 1 heterocycles. The molecular weight excluding hydrogens is 354 g/mol. The van der Waals surface area contributed by atoms with E-state index >= 15 is 0 Å². The van der Waals surface area contributed by atoms with Gasteiger partial charge >= 0.3 is 0 Å². The molecule has 26 heavy (non-hydrogen) atoms. The number of benzene rings is 1. The first-order chi connectivity index (χ1) is 12.3. The number of sulfonamides is 1. The van der Waals surface area contributed by atoms with E-state index in [1.54, 1.807) is 30.8 Å². The lowest BCUT2D eigenvalue weighted by Crippen LogP contribution is -2.41. The van der Waals surface area contributed by atoms with Crippen LogP contribution in [0.5, 0.6) is 0 Å². The highest BCUT2D eigenvalue weighted by Gasteiger charge is 2.16. The van der Waals surface area contributed by atoms with Crippen LogP contribution in [0.25, 0.3) is 0 Å². The molecular formula is C16H25N7O2S. The van der Waals surface area contributed by atoms with Crippen LogP contribution < -0.4 is 15.4 Å². The quantitative estimate of drug-likeness (QED) is 0.357. The van der Waals surface area contributed by atoms with Crippen LogP contribution in [0.15, 0.2) is 34.4 Å². The lowest BCUT2D eigenvalue weighted by atomic mass is 10.2. The Morgan fingerprint density at radius 1 is 1.23 bits per heavy atom. The minimum atomic E-state index is -3.54. The van der Waals surface area contributed by atoms with Crippen LogP contribution in [0.2, 0.25) is 0 Å². The summed E-state index contributed by atoms with van der Waals surface area (Å²) in [4.78, 5) is 8.52. The van der Waals surface area contributed by atoms with E-state index in [4.69, 9.17) is 0 Å². The summed E-state index contributed by atoms with van der Waals surface area (Å²) >= 11 is 0. The molecule has 0 atom stereocenters. The van der Waals surface area contributed by atoms with Crippen LogP contribution in [0.1, 0.15) is 17.0 Å². The molecule has 1 aromatic carbocycles. The van der Waals surface area contributed by atoms with Gasteiger partial charge < -0.3 is 10.6 Å². The molecule has 142 valence electrons. The predicted octanol–water partition coefficient (Wildman–Crippen LogP) is 0.0754. The first-order valence-corrected chi connectivity index (χ1v) is 9.66. The van der Waals surface area contributed by atoms with Crippen molar-refractivity contribution < 1.29 is 8.42 Å². The normalized spacial score (nSPS) is 12.2. The summed E-state index contributed by atoms with van der Waals surface area (Å²) in [6, 6.07) is 5.37. The third-order valence-corrected chi connectivity index (χ3v) is 5.39. The van der Waals surface area contributed by atoms with Crippen molar-refractivity contribution in [2.75, 3.05) is 20.1 Å². The Balaban J connectivity index is 1.83. The van der Waals surface area contributed by atoms with Crippen LogP contribution >= 0.6 is 0 Å². The summed E-state index contributed by atoms with van der Waals surface area (Å²) in [7, 11) is -0.0904. The van der Waals surface area contributed by atoms with Crippen molar-refractivity contribution in [3.05, 3.63) is 41.5 Å². The molecule has 0 radical (unpaired) electrons. The van der Waals surface area contributed by atoms with Gasteiger partial charge in [-0.2, -0.15) is 5.10 Å². The number of aryl methyl sites for hydroxylation is 3. The maximum Gasteiger partial charge on any atom is 0.240 e. The molecule has 0 aliphatic carbocycles. The van der Waals surface area contributed by atoms with Gasteiger partial charge in [-0.1, -0.05) is 12.1 Å². The molecule has 0 spiro atoms. The third kappa shape index (κ3) is 5.27. The van der Waals surface area contributed by atoms with E-state index in [2.05, 4.69) is 30.4 Å². The lowest BCUT2D eigenvalue weighted by Gasteiger charge is -2.13. The Morgan fingerprint density at radius 3 is 2.65 bits per heavy atom. The molecule has 0 aliphatic rings. The zero-order valence-electron chi connectivity index (χ0n) is 15.4. The van der Waals surface area contributed by atoms with Crippen molar-refractivity contribution in [3.63, 3.8) is 0 Å². The molecule has 2 aromatic rings. The van der Waals surface area contributed by atoms with Gasteiger partial charge in [-0.15, -0.1) is 0 Å². The molecule has 2 rings (SSSR count). The first-order valence-electron chi connectivity index (χ1n) is 8.18. The van der Waals surface area contributed by atoms with Crippen LogP contribution in [0, 0.1) is 13.8 Å². The highest BCUT2D eigenvalue weighted by molar-refractivity contribution is 7.89. The van der Waals surface area contributed by atoms with Crippen LogP contribution in [0.3, 0.4) is 0 Å². The largest absolute Gasteiger partial charge is 0.355 e. The van der Waals surface area contributed by atoms with Crippen molar-refractivity contribution in [1.82, 2.24) is 30.1 Å². The fourth-order valence-corrected chi connectivity index (χ4v) is 3.66. The smallest absolute Gasteiger partial charge is 0.240 e. The third-order valence-electron chi connectivity index (χ3n) is 3.79. The van der Waals surface area contributed by atoms with E-state index in [0.29, 0.717) is 23.9 Å². The van der Waals surface area contributed by atoms with Crippen molar-refractivity contribution >= 4 is 16.0 Å². The molecule has 0 aliphatic heterocycles. The number of hydrogen-bond acceptors (Lipinski definition) is 5. The first kappa shape index (κ1) is 19.9. The molecule has 3 N–H and O–H groups in total. The maximum atomic E-state index is 12.4. The van der Waals surface area contributed by atoms with E-state index in [-0.39, 0.29) is 6.54 Å².